The first-order valence-corrected chi connectivity index (χ1v) is 9.69. The molecule has 4 N–H and O–H groups in total. The fourth-order valence-electron chi connectivity index (χ4n) is 3.17. The summed E-state index contributed by atoms with van der Waals surface area (Å²) in [5.41, 5.74) is 7.06. The molecule has 1 amide bonds. The van der Waals surface area contributed by atoms with Gasteiger partial charge in [0.15, 0.2) is 0 Å². The summed E-state index contributed by atoms with van der Waals surface area (Å²) in [4.78, 5) is 8.94. The van der Waals surface area contributed by atoms with Crippen molar-refractivity contribution in [2.24, 2.45) is 5.84 Å². The van der Waals surface area contributed by atoms with E-state index in [9.17, 15) is 4.39 Å². The SMILES string of the molecule is CNc1cccc(C)c1COc1cc(F)c(-c2ccccc2OC)cc1C.NNC=O. The molecule has 3 aromatic carbocycles. The summed E-state index contributed by atoms with van der Waals surface area (Å²) in [5, 5.41) is 3.17. The number of aryl methyl sites for hydroxylation is 2. The van der Waals surface area contributed by atoms with Crippen molar-refractivity contribution in [1.82, 2.24) is 5.43 Å². The first kappa shape index (κ1) is 23.7. The zero-order valence-electron chi connectivity index (χ0n) is 18.2. The van der Waals surface area contributed by atoms with Crippen molar-refractivity contribution in [2.45, 2.75) is 20.5 Å². The number of methoxy groups -OCH3 is 1. The predicted molar refractivity (Wildman–Crippen MR) is 122 cm³/mol. The van der Waals surface area contributed by atoms with Crippen LogP contribution < -0.4 is 26.1 Å². The molecule has 6 nitrogen and oxygen atoms in total. The Bertz CT molecular complexity index is 1020. The Morgan fingerprint density at radius 2 is 1.71 bits per heavy atom. The Kier molecular flexibility index (Phi) is 8.84. The van der Waals surface area contributed by atoms with E-state index >= 15 is 0 Å². The highest BCUT2D eigenvalue weighted by Gasteiger charge is 2.14. The topological polar surface area (TPSA) is 85.6 Å². The van der Waals surface area contributed by atoms with Gasteiger partial charge in [0.2, 0.25) is 6.41 Å². The molecule has 0 radical (unpaired) electrons. The van der Waals surface area contributed by atoms with Gasteiger partial charge in [-0.2, -0.15) is 0 Å². The van der Waals surface area contributed by atoms with Gasteiger partial charge >= 0.3 is 0 Å². The van der Waals surface area contributed by atoms with Crippen LogP contribution in [0.2, 0.25) is 0 Å². The number of carbonyl (C=O) groups is 1. The maximum absolute atomic E-state index is 14.8. The van der Waals surface area contributed by atoms with Crippen molar-refractivity contribution in [3.63, 3.8) is 0 Å². The molecule has 3 rings (SSSR count). The van der Waals surface area contributed by atoms with Crippen LogP contribution in [0.15, 0.2) is 54.6 Å². The van der Waals surface area contributed by atoms with Crippen LogP contribution in [0.25, 0.3) is 11.1 Å². The van der Waals surface area contributed by atoms with Crippen molar-refractivity contribution in [3.05, 3.63) is 77.1 Å². The summed E-state index contributed by atoms with van der Waals surface area (Å²) >= 11 is 0. The minimum Gasteiger partial charge on any atom is -0.496 e. The second kappa shape index (κ2) is 11.6. The molecule has 7 heteroatoms. The van der Waals surface area contributed by atoms with Crippen LogP contribution in [0.1, 0.15) is 16.7 Å². The Hall–Kier alpha value is -3.58. The van der Waals surface area contributed by atoms with E-state index in [0.29, 0.717) is 30.1 Å². The zero-order chi connectivity index (χ0) is 22.8. The number of ether oxygens (including phenoxy) is 2. The highest BCUT2D eigenvalue weighted by atomic mass is 19.1. The van der Waals surface area contributed by atoms with E-state index in [4.69, 9.17) is 14.3 Å². The van der Waals surface area contributed by atoms with E-state index in [1.807, 2.05) is 63.4 Å². The lowest BCUT2D eigenvalue weighted by molar-refractivity contribution is -0.109. The molecule has 0 spiro atoms. The van der Waals surface area contributed by atoms with Gasteiger partial charge in [0.25, 0.3) is 0 Å². The van der Waals surface area contributed by atoms with Crippen molar-refractivity contribution in [2.75, 3.05) is 19.5 Å². The third-order valence-electron chi connectivity index (χ3n) is 4.78. The minimum absolute atomic E-state index is 0.335. The molecule has 0 saturated heterocycles. The minimum atomic E-state index is -0.335. The third kappa shape index (κ3) is 5.96. The smallest absolute Gasteiger partial charge is 0.221 e. The first-order valence-electron chi connectivity index (χ1n) is 9.69. The van der Waals surface area contributed by atoms with Crippen molar-refractivity contribution >= 4 is 12.1 Å². The van der Waals surface area contributed by atoms with Gasteiger partial charge < -0.3 is 14.8 Å². The Morgan fingerprint density at radius 3 is 2.35 bits per heavy atom. The molecule has 0 unspecified atom stereocenters. The van der Waals surface area contributed by atoms with Crippen LogP contribution in [0.4, 0.5) is 10.1 Å². The van der Waals surface area contributed by atoms with Crippen molar-refractivity contribution in [3.8, 4) is 22.6 Å². The van der Waals surface area contributed by atoms with Crippen LogP contribution in [0.5, 0.6) is 11.5 Å². The quantitative estimate of drug-likeness (QED) is 0.227. The number of hydrogen-bond acceptors (Lipinski definition) is 5. The summed E-state index contributed by atoms with van der Waals surface area (Å²) in [7, 11) is 3.47. The van der Waals surface area contributed by atoms with Crippen LogP contribution in [-0.2, 0) is 11.4 Å². The molecular weight excluding hydrogens is 397 g/mol. The lowest BCUT2D eigenvalue weighted by Gasteiger charge is -2.16. The normalized spacial score (nSPS) is 9.87. The number of para-hydroxylation sites is 1. The summed E-state index contributed by atoms with van der Waals surface area (Å²) < 4.78 is 26.2. The van der Waals surface area contributed by atoms with Gasteiger partial charge in [-0.25, -0.2) is 10.2 Å². The van der Waals surface area contributed by atoms with E-state index in [-0.39, 0.29) is 5.82 Å². The number of rotatable bonds is 7. The standard InChI is InChI=1S/C23H24FNO2.CH4N2O/c1-15-8-7-10-21(25-3)19(15)14-27-23-13-20(24)18(12-16(23)2)17-9-5-6-11-22(17)26-4;2-3-1-4/h5-13,25H,14H2,1-4H3;1H,2H2,(H,3,4). The second-order valence-corrected chi connectivity index (χ2v) is 6.72. The number of benzene rings is 3. The van der Waals surface area contributed by atoms with E-state index in [2.05, 4.69) is 11.2 Å². The van der Waals surface area contributed by atoms with E-state index in [1.54, 1.807) is 18.6 Å². The molecule has 0 aromatic heterocycles. The van der Waals surface area contributed by atoms with E-state index in [0.717, 1.165) is 27.9 Å². The Balaban J connectivity index is 0.000000785. The van der Waals surface area contributed by atoms with Crippen LogP contribution >= 0.6 is 0 Å². The highest BCUT2D eigenvalue weighted by molar-refractivity contribution is 5.72. The largest absolute Gasteiger partial charge is 0.496 e. The van der Waals surface area contributed by atoms with Crippen LogP contribution in [0.3, 0.4) is 0 Å². The summed E-state index contributed by atoms with van der Waals surface area (Å²) in [6, 6.07) is 16.7. The molecule has 0 aliphatic heterocycles. The number of nitrogens with one attached hydrogen (secondary N) is 2. The first-order chi connectivity index (χ1) is 15.0. The van der Waals surface area contributed by atoms with Crippen molar-refractivity contribution in [1.29, 1.82) is 0 Å². The van der Waals surface area contributed by atoms with E-state index in [1.165, 1.54) is 6.07 Å². The number of hydrazine groups is 1. The lowest BCUT2D eigenvalue weighted by Crippen LogP contribution is -2.18. The summed E-state index contributed by atoms with van der Waals surface area (Å²) in [5.74, 6) is 5.26. The summed E-state index contributed by atoms with van der Waals surface area (Å²) in [6.45, 7) is 4.33. The maximum Gasteiger partial charge on any atom is 0.221 e. The molecule has 164 valence electrons. The van der Waals surface area contributed by atoms with Gasteiger partial charge in [0.1, 0.15) is 23.9 Å². The van der Waals surface area contributed by atoms with Crippen molar-refractivity contribution < 1.29 is 18.7 Å². The fourth-order valence-corrected chi connectivity index (χ4v) is 3.17. The van der Waals surface area contributed by atoms with Crippen LogP contribution in [0, 0.1) is 19.7 Å². The maximum atomic E-state index is 14.8. The lowest BCUT2D eigenvalue weighted by atomic mass is 10.0. The Labute approximate surface area is 182 Å². The zero-order valence-corrected chi connectivity index (χ0v) is 18.2. The third-order valence-corrected chi connectivity index (χ3v) is 4.78. The average molecular weight is 426 g/mol. The van der Waals surface area contributed by atoms with Gasteiger partial charge in [-0.3, -0.25) is 10.2 Å². The van der Waals surface area contributed by atoms with Gasteiger partial charge in [-0.15, -0.1) is 0 Å². The molecule has 3 aromatic rings. The number of anilines is 1. The summed E-state index contributed by atoms with van der Waals surface area (Å²) in [6.07, 6.45) is 0.403. The molecule has 0 aliphatic carbocycles. The Morgan fingerprint density at radius 1 is 1.00 bits per heavy atom. The average Bonchev–Trinajstić information content (AvgIpc) is 2.80. The number of halogens is 1. The molecule has 0 atom stereocenters. The number of hydrogen-bond donors (Lipinski definition) is 3. The number of nitrogens with two attached hydrogens (primary N) is 1. The van der Waals surface area contributed by atoms with Crippen LogP contribution in [-0.4, -0.2) is 20.6 Å². The number of carbonyl (C=O) groups excluding carboxylic acids is 1. The molecule has 0 fully saturated rings. The number of amides is 1. The predicted octanol–water partition coefficient (Wildman–Crippen LogP) is 4.34. The van der Waals surface area contributed by atoms with Gasteiger partial charge in [-0.05, 0) is 43.2 Å². The van der Waals surface area contributed by atoms with E-state index < -0.39 is 0 Å². The monoisotopic (exact) mass is 425 g/mol. The molecule has 0 heterocycles. The molecule has 0 saturated carbocycles. The fraction of sp³-hybridized carbons (Fsp3) is 0.208. The highest BCUT2D eigenvalue weighted by Crippen LogP contribution is 2.35. The van der Waals surface area contributed by atoms with Gasteiger partial charge in [0.05, 0.1) is 7.11 Å². The van der Waals surface area contributed by atoms with Gasteiger partial charge in [0, 0.05) is 35.5 Å². The molecule has 0 aliphatic rings. The molecule has 31 heavy (non-hydrogen) atoms. The molecular formula is C24H28FN3O3. The molecule has 0 bridgehead atoms. The van der Waals surface area contributed by atoms with Gasteiger partial charge in [-0.1, -0.05) is 30.3 Å². The second-order valence-electron chi connectivity index (χ2n) is 6.72.